The first kappa shape index (κ1) is 24.7. The van der Waals surface area contributed by atoms with Gasteiger partial charge in [0.1, 0.15) is 5.75 Å². The molecule has 6 nitrogen and oxygen atoms in total. The van der Waals surface area contributed by atoms with E-state index >= 15 is 0 Å². The van der Waals surface area contributed by atoms with E-state index in [1.807, 2.05) is 0 Å². The molecule has 0 unspecified atom stereocenters. The zero-order chi connectivity index (χ0) is 24.2. The van der Waals surface area contributed by atoms with Crippen molar-refractivity contribution in [1.82, 2.24) is 0 Å². The lowest BCUT2D eigenvalue weighted by atomic mass is 10.1. The molecular formula is C24H21Cl3N2O4. The molecule has 2 N–H and O–H groups in total. The topological polar surface area (TPSA) is 78.9 Å². The van der Waals surface area contributed by atoms with Gasteiger partial charge in [-0.15, -0.1) is 0 Å². The van der Waals surface area contributed by atoms with E-state index in [0.717, 1.165) is 5.56 Å². The molecule has 0 aliphatic rings. The van der Waals surface area contributed by atoms with E-state index < -0.39 is 17.6 Å². The molecule has 0 aromatic heterocycles. The SMILES string of the molecule is CC(C)(Oc1ccc(NC(=O)N(Cc2ccc(Cl)c(Cl)c2)c2ccccc2Cl)cc1)C(=O)O. The smallest absolute Gasteiger partial charge is 0.347 e. The number of nitrogens with zero attached hydrogens (tertiary/aromatic N) is 1. The number of anilines is 2. The number of ether oxygens (including phenoxy) is 1. The molecule has 172 valence electrons. The standard InChI is InChI=1S/C24H21Cl3N2O4/c1-24(2,22(30)31)33-17-10-8-16(9-11-17)28-23(32)29(21-6-4-3-5-19(21)26)14-15-7-12-18(25)20(27)13-15/h3-13H,14H2,1-2H3,(H,28,32)(H,30,31). The minimum Gasteiger partial charge on any atom is -0.478 e. The van der Waals surface area contributed by atoms with Crippen LogP contribution in [0.2, 0.25) is 15.1 Å². The predicted octanol–water partition coefficient (Wildman–Crippen LogP) is 7.13. The number of hydrogen-bond donors (Lipinski definition) is 2. The molecule has 0 atom stereocenters. The zero-order valence-corrected chi connectivity index (χ0v) is 20.1. The summed E-state index contributed by atoms with van der Waals surface area (Å²) in [7, 11) is 0. The molecule has 33 heavy (non-hydrogen) atoms. The second-order valence-electron chi connectivity index (χ2n) is 7.66. The largest absolute Gasteiger partial charge is 0.478 e. The van der Waals surface area contributed by atoms with Crippen LogP contribution in [0.25, 0.3) is 0 Å². The molecule has 9 heteroatoms. The first-order valence-corrected chi connectivity index (χ1v) is 11.0. The van der Waals surface area contributed by atoms with Gasteiger partial charge in [-0.05, 0) is 67.9 Å². The van der Waals surface area contributed by atoms with Gasteiger partial charge in [0, 0.05) is 5.69 Å². The van der Waals surface area contributed by atoms with Crippen molar-refractivity contribution in [2.75, 3.05) is 10.2 Å². The lowest BCUT2D eigenvalue weighted by molar-refractivity contribution is -0.152. The molecule has 0 heterocycles. The van der Waals surface area contributed by atoms with E-state index in [4.69, 9.17) is 39.5 Å². The Hall–Kier alpha value is -2.93. The fourth-order valence-corrected chi connectivity index (χ4v) is 3.45. The number of carbonyl (C=O) groups excluding carboxylic acids is 1. The van der Waals surface area contributed by atoms with E-state index in [2.05, 4.69) is 5.32 Å². The van der Waals surface area contributed by atoms with Gasteiger partial charge in [-0.3, -0.25) is 4.90 Å². The Morgan fingerprint density at radius 3 is 2.21 bits per heavy atom. The molecule has 3 aromatic carbocycles. The molecule has 0 aliphatic carbocycles. The van der Waals surface area contributed by atoms with Crippen LogP contribution in [0.5, 0.6) is 5.75 Å². The maximum Gasteiger partial charge on any atom is 0.347 e. The molecule has 2 amide bonds. The van der Waals surface area contributed by atoms with Crippen molar-refractivity contribution in [3.63, 3.8) is 0 Å². The van der Waals surface area contributed by atoms with Crippen LogP contribution in [-0.4, -0.2) is 22.7 Å². The lowest BCUT2D eigenvalue weighted by Gasteiger charge is -2.25. The van der Waals surface area contributed by atoms with Gasteiger partial charge in [0.2, 0.25) is 0 Å². The van der Waals surface area contributed by atoms with Gasteiger partial charge in [-0.1, -0.05) is 53.0 Å². The van der Waals surface area contributed by atoms with Gasteiger partial charge in [0.15, 0.2) is 5.60 Å². The van der Waals surface area contributed by atoms with E-state index in [1.165, 1.54) is 18.7 Å². The van der Waals surface area contributed by atoms with Crippen LogP contribution in [0.1, 0.15) is 19.4 Å². The number of nitrogens with one attached hydrogen (secondary N) is 1. The Bertz CT molecular complexity index is 1170. The van der Waals surface area contributed by atoms with Crippen molar-refractivity contribution in [3.05, 3.63) is 87.4 Å². The van der Waals surface area contributed by atoms with Gasteiger partial charge in [-0.2, -0.15) is 0 Å². The van der Waals surface area contributed by atoms with Crippen molar-refractivity contribution in [3.8, 4) is 5.75 Å². The first-order valence-electron chi connectivity index (χ1n) is 9.86. The highest BCUT2D eigenvalue weighted by molar-refractivity contribution is 6.42. The maximum atomic E-state index is 13.2. The number of rotatable bonds is 7. The third kappa shape index (κ3) is 6.32. The third-order valence-corrected chi connectivity index (χ3v) is 5.77. The molecule has 0 radical (unpaired) electrons. The Morgan fingerprint density at radius 2 is 1.61 bits per heavy atom. The number of urea groups is 1. The van der Waals surface area contributed by atoms with E-state index in [-0.39, 0.29) is 6.54 Å². The molecule has 0 fully saturated rings. The second-order valence-corrected chi connectivity index (χ2v) is 8.88. The number of carboxylic acids is 1. The lowest BCUT2D eigenvalue weighted by Crippen LogP contribution is -2.37. The number of aliphatic carboxylic acids is 1. The number of hydrogen-bond acceptors (Lipinski definition) is 3. The van der Waals surface area contributed by atoms with Crippen molar-refractivity contribution in [2.45, 2.75) is 26.0 Å². The summed E-state index contributed by atoms with van der Waals surface area (Å²) in [4.78, 5) is 25.9. The number of carbonyl (C=O) groups is 2. The fraction of sp³-hybridized carbons (Fsp3) is 0.167. The van der Waals surface area contributed by atoms with Crippen LogP contribution in [0.15, 0.2) is 66.7 Å². The summed E-state index contributed by atoms with van der Waals surface area (Å²) in [5.74, 6) is -0.725. The van der Waals surface area contributed by atoms with Crippen LogP contribution in [0.4, 0.5) is 16.2 Å². The third-order valence-electron chi connectivity index (χ3n) is 4.71. The maximum absolute atomic E-state index is 13.2. The Morgan fingerprint density at radius 1 is 0.939 bits per heavy atom. The number of benzene rings is 3. The molecule has 0 saturated carbocycles. The summed E-state index contributed by atoms with van der Waals surface area (Å²) in [6.07, 6.45) is 0. The highest BCUT2D eigenvalue weighted by atomic mass is 35.5. The molecule has 0 saturated heterocycles. The summed E-state index contributed by atoms with van der Waals surface area (Å²) in [6.45, 7) is 3.10. The summed E-state index contributed by atoms with van der Waals surface area (Å²) < 4.78 is 5.49. The first-order chi connectivity index (χ1) is 15.6. The number of halogens is 3. The highest BCUT2D eigenvalue weighted by Gasteiger charge is 2.29. The Balaban J connectivity index is 1.82. The second kappa shape index (κ2) is 10.3. The molecular weight excluding hydrogens is 487 g/mol. The average molecular weight is 508 g/mol. The molecule has 3 rings (SSSR count). The van der Waals surface area contributed by atoms with Crippen LogP contribution in [0.3, 0.4) is 0 Å². The summed E-state index contributed by atoms with van der Waals surface area (Å²) in [5, 5.41) is 13.2. The summed E-state index contributed by atoms with van der Waals surface area (Å²) in [6, 6.07) is 18.1. The van der Waals surface area contributed by atoms with Gasteiger partial charge < -0.3 is 15.2 Å². The highest BCUT2D eigenvalue weighted by Crippen LogP contribution is 2.30. The quantitative estimate of drug-likeness (QED) is 0.356. The van der Waals surface area contributed by atoms with Gasteiger partial charge in [0.05, 0.1) is 27.3 Å². The number of para-hydroxylation sites is 1. The van der Waals surface area contributed by atoms with Gasteiger partial charge in [-0.25, -0.2) is 9.59 Å². The predicted molar refractivity (Wildman–Crippen MR) is 132 cm³/mol. The van der Waals surface area contributed by atoms with Crippen LogP contribution >= 0.6 is 34.8 Å². The molecule has 0 spiro atoms. The van der Waals surface area contributed by atoms with Crippen molar-refractivity contribution >= 4 is 58.2 Å². The van der Waals surface area contributed by atoms with Crippen molar-refractivity contribution < 1.29 is 19.4 Å². The normalized spacial score (nSPS) is 11.1. The van der Waals surface area contributed by atoms with Crippen LogP contribution < -0.4 is 15.0 Å². The molecule has 0 bridgehead atoms. The van der Waals surface area contributed by atoms with Crippen LogP contribution in [-0.2, 0) is 11.3 Å². The van der Waals surface area contributed by atoms with Gasteiger partial charge >= 0.3 is 12.0 Å². The molecule has 0 aliphatic heterocycles. The summed E-state index contributed by atoms with van der Waals surface area (Å²) >= 11 is 18.5. The van der Waals surface area contributed by atoms with Crippen molar-refractivity contribution in [1.29, 1.82) is 0 Å². The average Bonchev–Trinajstić information content (AvgIpc) is 2.76. The Kier molecular flexibility index (Phi) is 7.74. The Labute approximate surface area is 206 Å². The monoisotopic (exact) mass is 506 g/mol. The van der Waals surface area contributed by atoms with Gasteiger partial charge in [0.25, 0.3) is 0 Å². The van der Waals surface area contributed by atoms with Crippen LogP contribution in [0, 0.1) is 0 Å². The zero-order valence-electron chi connectivity index (χ0n) is 17.8. The molecule has 3 aromatic rings. The number of amides is 2. The number of carboxylic acid groups (broad SMARTS) is 1. The van der Waals surface area contributed by atoms with E-state index in [1.54, 1.807) is 66.7 Å². The van der Waals surface area contributed by atoms with E-state index in [0.29, 0.717) is 32.2 Å². The minimum absolute atomic E-state index is 0.195. The van der Waals surface area contributed by atoms with E-state index in [9.17, 15) is 14.7 Å². The fourth-order valence-electron chi connectivity index (χ4n) is 2.89. The summed E-state index contributed by atoms with van der Waals surface area (Å²) in [5.41, 5.74) is 0.391. The van der Waals surface area contributed by atoms with Crippen molar-refractivity contribution in [2.24, 2.45) is 0 Å². The minimum atomic E-state index is -1.38.